The maximum Gasteiger partial charge on any atom is 0.192 e. The van der Waals surface area contributed by atoms with Gasteiger partial charge in [-0.25, -0.2) is 0 Å². The maximum absolute atomic E-state index is 6.43. The molecule has 0 amide bonds. The van der Waals surface area contributed by atoms with Gasteiger partial charge in [0.15, 0.2) is 14.1 Å². The van der Waals surface area contributed by atoms with Crippen LogP contribution in [0, 0.1) is 0 Å². The number of rotatable bonds is 3. The third kappa shape index (κ3) is 3.03. The van der Waals surface area contributed by atoms with E-state index in [1.807, 2.05) is 13.8 Å². The lowest BCUT2D eigenvalue weighted by atomic mass is 9.87. The minimum absolute atomic E-state index is 0.0241. The molecule has 0 aromatic heterocycles. The molecule has 1 aliphatic carbocycles. The summed E-state index contributed by atoms with van der Waals surface area (Å²) in [7, 11) is -1.76. The highest BCUT2D eigenvalue weighted by Crippen LogP contribution is 2.44. The van der Waals surface area contributed by atoms with Gasteiger partial charge in [-0.2, -0.15) is 0 Å². The molecule has 2 aliphatic rings. The van der Waals surface area contributed by atoms with E-state index >= 15 is 0 Å². The van der Waals surface area contributed by atoms with Gasteiger partial charge >= 0.3 is 0 Å². The van der Waals surface area contributed by atoms with Gasteiger partial charge in [-0.1, -0.05) is 32.9 Å². The summed E-state index contributed by atoms with van der Waals surface area (Å²) in [5.41, 5.74) is -0.298. The average molecular weight is 298 g/mol. The van der Waals surface area contributed by atoms with Gasteiger partial charge in [0.2, 0.25) is 0 Å². The van der Waals surface area contributed by atoms with E-state index in [-0.39, 0.29) is 16.7 Å². The molecule has 2 atom stereocenters. The van der Waals surface area contributed by atoms with Crippen LogP contribution in [0.1, 0.15) is 47.5 Å². The van der Waals surface area contributed by atoms with Crippen LogP contribution in [0.5, 0.6) is 0 Å². The summed E-state index contributed by atoms with van der Waals surface area (Å²) in [5.74, 6) is -0.518. The van der Waals surface area contributed by atoms with Crippen LogP contribution in [0.2, 0.25) is 18.1 Å². The first kappa shape index (κ1) is 16.2. The SMILES string of the molecule is CC1(C)O[C@H]2C=CCC[C@@]2(CO[Si](C)(C)C(C)(C)C)O1. The van der Waals surface area contributed by atoms with Crippen molar-refractivity contribution < 1.29 is 13.9 Å². The standard InChI is InChI=1S/C16H30O3Si/c1-14(2,3)20(6,7)17-12-16-11-9-8-10-13(16)18-15(4,5)19-16/h8,10,13H,9,11-12H2,1-7H3/t13-,16-/m0/s1. The highest BCUT2D eigenvalue weighted by molar-refractivity contribution is 6.74. The van der Waals surface area contributed by atoms with E-state index in [4.69, 9.17) is 13.9 Å². The Labute approximate surface area is 124 Å². The number of hydrogen-bond acceptors (Lipinski definition) is 3. The predicted octanol–water partition coefficient (Wildman–Crippen LogP) is 4.25. The maximum atomic E-state index is 6.43. The van der Waals surface area contributed by atoms with E-state index in [1.54, 1.807) is 0 Å². The first-order valence-electron chi connectivity index (χ1n) is 7.66. The van der Waals surface area contributed by atoms with Crippen molar-refractivity contribution in [3.05, 3.63) is 12.2 Å². The molecule has 0 bridgehead atoms. The summed E-state index contributed by atoms with van der Waals surface area (Å²) in [6, 6.07) is 0. The summed E-state index contributed by atoms with van der Waals surface area (Å²) in [4.78, 5) is 0. The second kappa shape index (κ2) is 4.94. The van der Waals surface area contributed by atoms with Crippen LogP contribution in [-0.4, -0.2) is 32.4 Å². The van der Waals surface area contributed by atoms with Gasteiger partial charge in [0.1, 0.15) is 11.7 Å². The number of hydrogen-bond donors (Lipinski definition) is 0. The van der Waals surface area contributed by atoms with Crippen molar-refractivity contribution >= 4 is 8.32 Å². The lowest BCUT2D eigenvalue weighted by Crippen LogP contribution is -2.51. The highest BCUT2D eigenvalue weighted by atomic mass is 28.4. The van der Waals surface area contributed by atoms with E-state index < -0.39 is 14.1 Å². The molecule has 2 rings (SSSR count). The van der Waals surface area contributed by atoms with Crippen LogP contribution < -0.4 is 0 Å². The van der Waals surface area contributed by atoms with E-state index in [9.17, 15) is 0 Å². The first-order chi connectivity index (χ1) is 8.98. The molecule has 1 saturated heterocycles. The molecule has 0 spiro atoms. The van der Waals surface area contributed by atoms with E-state index in [0.29, 0.717) is 6.61 Å². The van der Waals surface area contributed by atoms with Crippen molar-refractivity contribution in [2.75, 3.05) is 6.61 Å². The van der Waals surface area contributed by atoms with Gasteiger partial charge in [0.25, 0.3) is 0 Å². The number of allylic oxidation sites excluding steroid dienone is 1. The molecule has 0 radical (unpaired) electrons. The van der Waals surface area contributed by atoms with Crippen molar-refractivity contribution in [3.8, 4) is 0 Å². The smallest absolute Gasteiger partial charge is 0.192 e. The summed E-state index contributed by atoms with van der Waals surface area (Å²) >= 11 is 0. The zero-order valence-electron chi connectivity index (χ0n) is 14.1. The lowest BCUT2D eigenvalue weighted by molar-refractivity contribution is -0.169. The van der Waals surface area contributed by atoms with E-state index in [2.05, 4.69) is 46.0 Å². The molecule has 3 nitrogen and oxygen atoms in total. The van der Waals surface area contributed by atoms with Gasteiger partial charge in [0.05, 0.1) is 6.61 Å². The summed E-state index contributed by atoms with van der Waals surface area (Å²) in [5, 5.41) is 0.221. The molecule has 4 heteroatoms. The van der Waals surface area contributed by atoms with E-state index in [1.165, 1.54) is 0 Å². The fourth-order valence-electron chi connectivity index (χ4n) is 2.64. The molecule has 0 unspecified atom stereocenters. The lowest BCUT2D eigenvalue weighted by Gasteiger charge is -2.41. The number of fused-ring (bicyclic) bond motifs is 1. The predicted molar refractivity (Wildman–Crippen MR) is 84.3 cm³/mol. The molecule has 1 heterocycles. The molecule has 116 valence electrons. The Kier molecular flexibility index (Phi) is 4.00. The van der Waals surface area contributed by atoms with Crippen molar-refractivity contribution in [2.24, 2.45) is 0 Å². The van der Waals surface area contributed by atoms with Gasteiger partial charge in [-0.15, -0.1) is 0 Å². The van der Waals surface area contributed by atoms with Crippen molar-refractivity contribution in [1.82, 2.24) is 0 Å². The molecular formula is C16H30O3Si. The minimum Gasteiger partial charge on any atom is -0.414 e. The molecule has 0 N–H and O–H groups in total. The fraction of sp³-hybridized carbons (Fsp3) is 0.875. The Morgan fingerprint density at radius 2 is 1.95 bits per heavy atom. The van der Waals surface area contributed by atoms with Gasteiger partial charge in [0, 0.05) is 0 Å². The van der Waals surface area contributed by atoms with Crippen molar-refractivity contribution in [2.45, 2.75) is 83.1 Å². The highest BCUT2D eigenvalue weighted by Gasteiger charge is 2.54. The zero-order chi connectivity index (χ0) is 15.2. The normalized spacial score (nSPS) is 33.2. The Morgan fingerprint density at radius 3 is 2.55 bits per heavy atom. The molecule has 0 saturated carbocycles. The Bertz CT molecular complexity index is 395. The van der Waals surface area contributed by atoms with Crippen LogP contribution >= 0.6 is 0 Å². The largest absolute Gasteiger partial charge is 0.414 e. The molecular weight excluding hydrogens is 268 g/mol. The Morgan fingerprint density at radius 1 is 1.30 bits per heavy atom. The Hall–Kier alpha value is -0.163. The van der Waals surface area contributed by atoms with Crippen LogP contribution in [0.4, 0.5) is 0 Å². The van der Waals surface area contributed by atoms with Gasteiger partial charge in [-0.05, 0) is 44.8 Å². The third-order valence-electron chi connectivity index (χ3n) is 4.91. The number of ether oxygens (including phenoxy) is 2. The zero-order valence-corrected chi connectivity index (χ0v) is 15.1. The molecule has 1 fully saturated rings. The van der Waals surface area contributed by atoms with Crippen molar-refractivity contribution in [1.29, 1.82) is 0 Å². The summed E-state index contributed by atoms with van der Waals surface area (Å²) in [6.45, 7) is 16.0. The fourth-order valence-corrected chi connectivity index (χ4v) is 3.68. The third-order valence-corrected chi connectivity index (χ3v) is 9.39. The second-order valence-corrected chi connectivity index (χ2v) is 12.9. The summed E-state index contributed by atoms with van der Waals surface area (Å²) in [6.07, 6.45) is 6.38. The first-order valence-corrected chi connectivity index (χ1v) is 10.6. The van der Waals surface area contributed by atoms with Gasteiger partial charge in [-0.3, -0.25) is 0 Å². The van der Waals surface area contributed by atoms with Crippen LogP contribution in [-0.2, 0) is 13.9 Å². The summed E-state index contributed by atoms with van der Waals surface area (Å²) < 4.78 is 18.7. The molecule has 1 aliphatic heterocycles. The average Bonchev–Trinajstić information content (AvgIpc) is 2.55. The monoisotopic (exact) mass is 298 g/mol. The van der Waals surface area contributed by atoms with Crippen LogP contribution in [0.15, 0.2) is 12.2 Å². The molecule has 0 aromatic rings. The Balaban J connectivity index is 2.13. The molecule has 20 heavy (non-hydrogen) atoms. The van der Waals surface area contributed by atoms with Gasteiger partial charge < -0.3 is 13.9 Å². The minimum atomic E-state index is -1.76. The van der Waals surface area contributed by atoms with Crippen LogP contribution in [0.3, 0.4) is 0 Å². The van der Waals surface area contributed by atoms with Crippen LogP contribution in [0.25, 0.3) is 0 Å². The van der Waals surface area contributed by atoms with Crippen molar-refractivity contribution in [3.63, 3.8) is 0 Å². The second-order valence-electron chi connectivity index (χ2n) is 8.12. The quantitative estimate of drug-likeness (QED) is 0.576. The van der Waals surface area contributed by atoms with E-state index in [0.717, 1.165) is 12.8 Å². The topological polar surface area (TPSA) is 27.7 Å². The molecule has 0 aromatic carbocycles.